The summed E-state index contributed by atoms with van der Waals surface area (Å²) in [6, 6.07) is 16.3. The summed E-state index contributed by atoms with van der Waals surface area (Å²) in [5, 5.41) is 16.1. The van der Waals surface area contributed by atoms with Crippen molar-refractivity contribution in [2.45, 2.75) is 26.8 Å². The summed E-state index contributed by atoms with van der Waals surface area (Å²) in [6.07, 6.45) is 0. The minimum Gasteiger partial charge on any atom is -0.394 e. The Morgan fingerprint density at radius 2 is 1.79 bits per heavy atom. The first-order valence-corrected chi connectivity index (χ1v) is 9.31. The number of nitrogens with one attached hydrogen (secondary N) is 2. The van der Waals surface area contributed by atoms with Crippen LogP contribution in [0.4, 0.5) is 21.8 Å². The van der Waals surface area contributed by atoms with Crippen molar-refractivity contribution in [1.29, 1.82) is 0 Å². The van der Waals surface area contributed by atoms with Gasteiger partial charge in [0.1, 0.15) is 11.6 Å². The molecule has 3 aromatic rings. The van der Waals surface area contributed by atoms with Crippen molar-refractivity contribution in [1.82, 2.24) is 9.97 Å². The molecule has 146 valence electrons. The molecule has 0 aliphatic heterocycles. The van der Waals surface area contributed by atoms with Crippen molar-refractivity contribution in [2.75, 3.05) is 17.2 Å². The lowest BCUT2D eigenvalue weighted by atomic mass is 10.1. The fraction of sp³-hybridized carbons (Fsp3) is 0.273. The summed E-state index contributed by atoms with van der Waals surface area (Å²) in [5.74, 6) is 0.978. The van der Waals surface area contributed by atoms with E-state index < -0.39 is 0 Å². The molecule has 5 nitrogen and oxygen atoms in total. The van der Waals surface area contributed by atoms with Crippen LogP contribution in [0.25, 0.3) is 11.3 Å². The number of nitrogens with zero attached hydrogens (tertiary/aromatic N) is 2. The zero-order valence-electron chi connectivity index (χ0n) is 16.3. The molecule has 0 aliphatic carbocycles. The minimum absolute atomic E-state index is 0.0174. The number of benzene rings is 2. The lowest BCUT2D eigenvalue weighted by Gasteiger charge is -2.20. The van der Waals surface area contributed by atoms with Crippen LogP contribution in [0.2, 0.25) is 0 Å². The fourth-order valence-corrected chi connectivity index (χ4v) is 2.79. The molecule has 0 radical (unpaired) electrons. The zero-order valence-corrected chi connectivity index (χ0v) is 16.3. The maximum Gasteiger partial charge on any atom is 0.225 e. The van der Waals surface area contributed by atoms with Gasteiger partial charge in [0.05, 0.1) is 18.3 Å². The van der Waals surface area contributed by atoms with Crippen LogP contribution in [-0.2, 0) is 0 Å². The van der Waals surface area contributed by atoms with Gasteiger partial charge in [0, 0.05) is 17.3 Å². The molecular weight excluding hydrogens is 355 g/mol. The van der Waals surface area contributed by atoms with Gasteiger partial charge in [-0.3, -0.25) is 0 Å². The van der Waals surface area contributed by atoms with Gasteiger partial charge < -0.3 is 15.7 Å². The predicted octanol–water partition coefficient (Wildman–Crippen LogP) is 4.76. The molecule has 1 heterocycles. The maximum absolute atomic E-state index is 13.6. The first kappa shape index (κ1) is 19.8. The SMILES string of the molecule is Cc1cc(Nc2cc(-c3ccccc3)nc(N[C@H](CO)C(C)C)n2)ccc1F. The van der Waals surface area contributed by atoms with E-state index in [0.717, 1.165) is 16.9 Å². The molecule has 28 heavy (non-hydrogen) atoms. The highest BCUT2D eigenvalue weighted by Gasteiger charge is 2.15. The van der Waals surface area contributed by atoms with E-state index in [1.54, 1.807) is 19.1 Å². The number of anilines is 3. The average molecular weight is 380 g/mol. The molecule has 0 unspecified atom stereocenters. The van der Waals surface area contributed by atoms with Crippen LogP contribution in [0.1, 0.15) is 19.4 Å². The van der Waals surface area contributed by atoms with Gasteiger partial charge in [-0.1, -0.05) is 44.2 Å². The molecule has 3 N–H and O–H groups in total. The number of hydrogen-bond donors (Lipinski definition) is 3. The van der Waals surface area contributed by atoms with Crippen LogP contribution < -0.4 is 10.6 Å². The standard InChI is InChI=1S/C22H25FN4O/c1-14(2)20(13-28)26-22-25-19(16-7-5-4-6-8-16)12-21(27-22)24-17-9-10-18(23)15(3)11-17/h4-12,14,20,28H,13H2,1-3H3,(H2,24,25,26,27)/t20-/m1/s1. The van der Waals surface area contributed by atoms with Crippen molar-refractivity contribution >= 4 is 17.5 Å². The summed E-state index contributed by atoms with van der Waals surface area (Å²) in [4.78, 5) is 9.15. The number of halogens is 1. The third-order valence-electron chi connectivity index (χ3n) is 4.54. The second-order valence-corrected chi connectivity index (χ2v) is 7.09. The van der Waals surface area contributed by atoms with E-state index in [0.29, 0.717) is 17.3 Å². The molecule has 0 fully saturated rings. The summed E-state index contributed by atoms with van der Waals surface area (Å²) in [7, 11) is 0. The summed E-state index contributed by atoms with van der Waals surface area (Å²) < 4.78 is 13.6. The van der Waals surface area contributed by atoms with Gasteiger partial charge in [0.2, 0.25) is 5.95 Å². The van der Waals surface area contributed by atoms with Crippen molar-refractivity contribution in [3.05, 3.63) is 66.0 Å². The van der Waals surface area contributed by atoms with Gasteiger partial charge in [0.25, 0.3) is 0 Å². The second-order valence-electron chi connectivity index (χ2n) is 7.09. The fourth-order valence-electron chi connectivity index (χ4n) is 2.79. The Balaban J connectivity index is 1.97. The molecule has 3 rings (SSSR count). The molecule has 0 spiro atoms. The molecule has 0 saturated heterocycles. The van der Waals surface area contributed by atoms with Crippen LogP contribution in [0.3, 0.4) is 0 Å². The lowest BCUT2D eigenvalue weighted by molar-refractivity contribution is 0.248. The third kappa shape index (κ3) is 4.84. The number of hydrogen-bond acceptors (Lipinski definition) is 5. The van der Waals surface area contributed by atoms with E-state index in [4.69, 9.17) is 0 Å². The van der Waals surface area contributed by atoms with Gasteiger partial charge in [0.15, 0.2) is 0 Å². The van der Waals surface area contributed by atoms with Gasteiger partial charge in [-0.15, -0.1) is 0 Å². The van der Waals surface area contributed by atoms with E-state index in [1.807, 2.05) is 50.2 Å². The molecule has 0 amide bonds. The van der Waals surface area contributed by atoms with Crippen LogP contribution in [0.15, 0.2) is 54.6 Å². The van der Waals surface area contributed by atoms with E-state index in [1.165, 1.54) is 6.07 Å². The number of aliphatic hydroxyl groups is 1. The number of aliphatic hydroxyl groups excluding tert-OH is 1. The van der Waals surface area contributed by atoms with E-state index in [2.05, 4.69) is 20.6 Å². The second kappa shape index (κ2) is 8.80. The molecular formula is C22H25FN4O. The number of rotatable bonds is 7. The van der Waals surface area contributed by atoms with Crippen molar-refractivity contribution in [3.8, 4) is 11.3 Å². The Morgan fingerprint density at radius 1 is 1.04 bits per heavy atom. The maximum atomic E-state index is 13.6. The molecule has 1 atom stereocenters. The quantitative estimate of drug-likeness (QED) is 0.551. The summed E-state index contributed by atoms with van der Waals surface area (Å²) >= 11 is 0. The van der Waals surface area contributed by atoms with E-state index in [-0.39, 0.29) is 24.4 Å². The monoisotopic (exact) mass is 380 g/mol. The number of aryl methyl sites for hydroxylation is 1. The normalized spacial score (nSPS) is 12.1. The Labute approximate surface area is 164 Å². The summed E-state index contributed by atoms with van der Waals surface area (Å²) in [6.45, 7) is 5.75. The van der Waals surface area contributed by atoms with Gasteiger partial charge >= 0.3 is 0 Å². The highest BCUT2D eigenvalue weighted by atomic mass is 19.1. The van der Waals surface area contributed by atoms with Crippen LogP contribution in [-0.4, -0.2) is 27.7 Å². The predicted molar refractivity (Wildman–Crippen MR) is 111 cm³/mol. The van der Waals surface area contributed by atoms with Gasteiger partial charge in [-0.25, -0.2) is 9.37 Å². The molecule has 2 aromatic carbocycles. The molecule has 0 aliphatic rings. The van der Waals surface area contributed by atoms with Crippen molar-refractivity contribution in [2.24, 2.45) is 5.92 Å². The van der Waals surface area contributed by atoms with Gasteiger partial charge in [-0.2, -0.15) is 4.98 Å². The summed E-state index contributed by atoms with van der Waals surface area (Å²) in [5.41, 5.74) is 3.00. The molecule has 0 saturated carbocycles. The van der Waals surface area contributed by atoms with Crippen molar-refractivity contribution in [3.63, 3.8) is 0 Å². The topological polar surface area (TPSA) is 70.1 Å². The Kier molecular flexibility index (Phi) is 6.21. The molecule has 0 bridgehead atoms. The first-order valence-electron chi connectivity index (χ1n) is 9.31. The van der Waals surface area contributed by atoms with E-state index in [9.17, 15) is 9.50 Å². The Bertz CT molecular complexity index is 931. The van der Waals surface area contributed by atoms with Crippen LogP contribution in [0, 0.1) is 18.7 Å². The zero-order chi connectivity index (χ0) is 20.1. The highest BCUT2D eigenvalue weighted by molar-refractivity contribution is 5.67. The first-order chi connectivity index (χ1) is 13.5. The van der Waals surface area contributed by atoms with Crippen LogP contribution >= 0.6 is 0 Å². The minimum atomic E-state index is -0.247. The van der Waals surface area contributed by atoms with Crippen LogP contribution in [0.5, 0.6) is 0 Å². The number of aromatic nitrogens is 2. The third-order valence-corrected chi connectivity index (χ3v) is 4.54. The molecule has 1 aromatic heterocycles. The van der Waals surface area contributed by atoms with Crippen molar-refractivity contribution < 1.29 is 9.50 Å². The Morgan fingerprint density at radius 3 is 2.43 bits per heavy atom. The molecule has 6 heteroatoms. The largest absolute Gasteiger partial charge is 0.394 e. The Hall–Kier alpha value is -2.99. The lowest BCUT2D eigenvalue weighted by Crippen LogP contribution is -2.30. The highest BCUT2D eigenvalue weighted by Crippen LogP contribution is 2.25. The average Bonchev–Trinajstić information content (AvgIpc) is 2.69. The smallest absolute Gasteiger partial charge is 0.225 e. The van der Waals surface area contributed by atoms with E-state index >= 15 is 0 Å². The van der Waals surface area contributed by atoms with Gasteiger partial charge in [-0.05, 0) is 36.6 Å².